The average molecular weight is 435 g/mol. The lowest BCUT2D eigenvalue weighted by Gasteiger charge is -2.23. The molecule has 0 unspecified atom stereocenters. The summed E-state index contributed by atoms with van der Waals surface area (Å²) < 4.78 is 38.1. The molecule has 0 radical (unpaired) electrons. The van der Waals surface area contributed by atoms with Crippen molar-refractivity contribution in [2.45, 2.75) is 30.3 Å². The van der Waals surface area contributed by atoms with Crippen molar-refractivity contribution >= 4 is 21.7 Å². The summed E-state index contributed by atoms with van der Waals surface area (Å²) in [6.07, 6.45) is 5.02. The second-order valence-corrected chi connectivity index (χ2v) is 8.68. The Morgan fingerprint density at radius 1 is 1.27 bits per heavy atom. The Kier molecular flexibility index (Phi) is 7.24. The summed E-state index contributed by atoms with van der Waals surface area (Å²) in [7, 11) is -0.644. The molecule has 2 N–H and O–H groups in total. The van der Waals surface area contributed by atoms with Crippen molar-refractivity contribution in [1.82, 2.24) is 14.6 Å². The molecule has 0 atom stereocenters. The van der Waals surface area contributed by atoms with Gasteiger partial charge in [-0.15, -0.1) is 0 Å². The highest BCUT2D eigenvalue weighted by Gasteiger charge is 2.28. The van der Waals surface area contributed by atoms with Crippen LogP contribution in [0.2, 0.25) is 0 Å². The number of rotatable bonds is 10. The Morgan fingerprint density at radius 3 is 2.70 bits per heavy atom. The number of pyridine rings is 1. The number of amides is 2. The lowest BCUT2D eigenvalue weighted by Crippen LogP contribution is -2.37. The fourth-order valence-corrected chi connectivity index (χ4v) is 4.13. The first-order valence-corrected chi connectivity index (χ1v) is 11.1. The Bertz CT molecular complexity index is 964. The maximum Gasteiger partial charge on any atom is 0.322 e. The molecule has 1 aliphatic rings. The highest BCUT2D eigenvalue weighted by molar-refractivity contribution is 7.89. The number of hydrogen-bond acceptors (Lipinski definition) is 6. The van der Waals surface area contributed by atoms with Gasteiger partial charge in [-0.1, -0.05) is 6.07 Å². The van der Waals surface area contributed by atoms with E-state index in [0.717, 1.165) is 18.4 Å². The van der Waals surface area contributed by atoms with E-state index in [0.29, 0.717) is 25.4 Å². The summed E-state index contributed by atoms with van der Waals surface area (Å²) in [6.45, 7) is 1.03. The molecule has 3 rings (SSSR count). The monoisotopic (exact) mass is 434 g/mol. The first-order chi connectivity index (χ1) is 14.4. The van der Waals surface area contributed by atoms with Crippen LogP contribution in [0.25, 0.3) is 0 Å². The first kappa shape index (κ1) is 22.0. The second kappa shape index (κ2) is 9.88. The number of urea groups is 1. The molecule has 1 aromatic heterocycles. The minimum atomic E-state index is -3.66. The number of methoxy groups -OCH3 is 2. The smallest absolute Gasteiger partial charge is 0.322 e. The molecule has 9 nitrogen and oxygen atoms in total. The van der Waals surface area contributed by atoms with Crippen LogP contribution in [0.4, 0.5) is 10.5 Å². The van der Waals surface area contributed by atoms with Crippen molar-refractivity contribution in [3.8, 4) is 5.75 Å². The normalized spacial score (nSPS) is 13.7. The molecular formula is C20H26N4O5S. The fourth-order valence-electron chi connectivity index (χ4n) is 2.80. The maximum atomic E-state index is 13.0. The molecule has 0 spiro atoms. The van der Waals surface area contributed by atoms with Gasteiger partial charge < -0.3 is 19.7 Å². The highest BCUT2D eigenvalue weighted by Crippen LogP contribution is 2.29. The number of carbonyl (C=O) groups excluding carboxylic acids is 1. The van der Waals surface area contributed by atoms with Gasteiger partial charge in [0.05, 0.1) is 24.3 Å². The standard InChI is InChI=1S/C20H26N4O5S/c1-28-11-10-24(14-15-4-3-9-21-13-15)20(25)22-18-12-17(7-8-19(18)29-2)30(26,27)23-16-5-6-16/h3-4,7-9,12-13,16,23H,5-6,10-11,14H2,1-2H3,(H,22,25). The number of benzene rings is 1. The SMILES string of the molecule is COCCN(Cc1cccnc1)C(=O)Nc1cc(S(=O)(=O)NC2CC2)ccc1OC. The van der Waals surface area contributed by atoms with Crippen LogP contribution in [0.3, 0.4) is 0 Å². The second-order valence-electron chi connectivity index (χ2n) is 6.96. The first-order valence-electron chi connectivity index (χ1n) is 9.57. The number of hydrogen-bond donors (Lipinski definition) is 2. The Labute approximate surface area is 176 Å². The van der Waals surface area contributed by atoms with Crippen LogP contribution >= 0.6 is 0 Å². The van der Waals surface area contributed by atoms with Crippen LogP contribution in [-0.2, 0) is 21.3 Å². The van der Waals surface area contributed by atoms with E-state index in [1.165, 1.54) is 25.3 Å². The number of aromatic nitrogens is 1. The number of sulfonamides is 1. The third-order valence-electron chi connectivity index (χ3n) is 4.57. The third kappa shape index (κ3) is 5.91. The highest BCUT2D eigenvalue weighted by atomic mass is 32.2. The van der Waals surface area contributed by atoms with Crippen LogP contribution in [0.5, 0.6) is 5.75 Å². The Balaban J connectivity index is 1.80. The number of anilines is 1. The van der Waals surface area contributed by atoms with Gasteiger partial charge >= 0.3 is 6.03 Å². The van der Waals surface area contributed by atoms with E-state index in [4.69, 9.17) is 9.47 Å². The van der Waals surface area contributed by atoms with Gasteiger partial charge in [0.2, 0.25) is 10.0 Å². The molecule has 0 saturated heterocycles. The number of nitrogens with one attached hydrogen (secondary N) is 2. The topological polar surface area (TPSA) is 110 Å². The molecule has 1 aromatic carbocycles. The van der Waals surface area contributed by atoms with Crippen LogP contribution < -0.4 is 14.8 Å². The molecule has 162 valence electrons. The summed E-state index contributed by atoms with van der Waals surface area (Å²) in [4.78, 5) is 18.7. The number of ether oxygens (including phenoxy) is 2. The quantitative estimate of drug-likeness (QED) is 0.593. The summed E-state index contributed by atoms with van der Waals surface area (Å²) >= 11 is 0. The van der Waals surface area contributed by atoms with Gasteiger partial charge in [-0.25, -0.2) is 17.9 Å². The van der Waals surface area contributed by atoms with Gasteiger partial charge in [0, 0.05) is 38.6 Å². The predicted octanol–water partition coefficient (Wildman–Crippen LogP) is 2.21. The van der Waals surface area contributed by atoms with Crippen molar-refractivity contribution in [1.29, 1.82) is 0 Å². The number of nitrogens with zero attached hydrogens (tertiary/aromatic N) is 2. The fraction of sp³-hybridized carbons (Fsp3) is 0.400. The van der Waals surface area contributed by atoms with Crippen LogP contribution in [0.1, 0.15) is 18.4 Å². The van der Waals surface area contributed by atoms with Gasteiger partial charge in [-0.3, -0.25) is 4.98 Å². The minimum Gasteiger partial charge on any atom is -0.495 e. The van der Waals surface area contributed by atoms with Crippen LogP contribution in [0, 0.1) is 0 Å². The van der Waals surface area contributed by atoms with Crippen molar-refractivity contribution in [3.63, 3.8) is 0 Å². The Hall–Kier alpha value is -2.69. The maximum absolute atomic E-state index is 13.0. The van der Waals surface area contributed by atoms with Gasteiger partial charge in [0.25, 0.3) is 0 Å². The lowest BCUT2D eigenvalue weighted by atomic mass is 10.2. The molecule has 30 heavy (non-hydrogen) atoms. The average Bonchev–Trinajstić information content (AvgIpc) is 3.55. The minimum absolute atomic E-state index is 0.0147. The van der Waals surface area contributed by atoms with Gasteiger partial charge in [-0.05, 0) is 42.7 Å². The zero-order chi connectivity index (χ0) is 21.6. The van der Waals surface area contributed by atoms with Gasteiger partial charge in [-0.2, -0.15) is 0 Å². The van der Waals surface area contributed by atoms with Crippen molar-refractivity contribution in [3.05, 3.63) is 48.3 Å². The van der Waals surface area contributed by atoms with Crippen molar-refractivity contribution < 1.29 is 22.7 Å². The molecule has 1 saturated carbocycles. The van der Waals surface area contributed by atoms with Crippen LogP contribution in [-0.4, -0.2) is 57.7 Å². The molecule has 1 fully saturated rings. The molecule has 2 aromatic rings. The van der Waals surface area contributed by atoms with Gasteiger partial charge in [0.1, 0.15) is 5.75 Å². The molecule has 0 aliphatic heterocycles. The van der Waals surface area contributed by atoms with Crippen molar-refractivity contribution in [2.24, 2.45) is 0 Å². The van der Waals surface area contributed by atoms with E-state index in [1.807, 2.05) is 6.07 Å². The largest absolute Gasteiger partial charge is 0.495 e. The summed E-state index contributed by atoms with van der Waals surface area (Å²) in [5.41, 5.74) is 1.13. The van der Waals surface area contributed by atoms with Crippen LogP contribution in [0.15, 0.2) is 47.6 Å². The zero-order valence-corrected chi connectivity index (χ0v) is 17.8. The molecule has 1 heterocycles. The molecular weight excluding hydrogens is 408 g/mol. The van der Waals surface area contributed by atoms with E-state index >= 15 is 0 Å². The van der Waals surface area contributed by atoms with E-state index in [9.17, 15) is 13.2 Å². The summed E-state index contributed by atoms with van der Waals surface area (Å²) in [5, 5.41) is 2.77. The summed E-state index contributed by atoms with van der Waals surface area (Å²) in [6, 6.07) is 7.64. The predicted molar refractivity (Wildman–Crippen MR) is 112 cm³/mol. The third-order valence-corrected chi connectivity index (χ3v) is 6.09. The summed E-state index contributed by atoms with van der Waals surface area (Å²) in [5.74, 6) is 0.363. The molecule has 10 heteroatoms. The lowest BCUT2D eigenvalue weighted by molar-refractivity contribution is 0.152. The van der Waals surface area contributed by atoms with E-state index < -0.39 is 16.1 Å². The molecule has 2 amide bonds. The van der Waals surface area contributed by atoms with Gasteiger partial charge in [0.15, 0.2) is 0 Å². The van der Waals surface area contributed by atoms with E-state index in [2.05, 4.69) is 15.0 Å². The molecule has 1 aliphatic carbocycles. The Morgan fingerprint density at radius 2 is 2.07 bits per heavy atom. The van der Waals surface area contributed by atoms with Crippen molar-refractivity contribution in [2.75, 3.05) is 32.7 Å². The zero-order valence-electron chi connectivity index (χ0n) is 17.0. The van der Waals surface area contributed by atoms with E-state index in [1.54, 1.807) is 30.5 Å². The number of carbonyl (C=O) groups is 1. The molecule has 0 bridgehead atoms. The van der Waals surface area contributed by atoms with E-state index in [-0.39, 0.29) is 16.6 Å².